The fourth-order valence-corrected chi connectivity index (χ4v) is 0. The largest absolute Gasteiger partial charge is 2.00 e. The van der Waals surface area contributed by atoms with Crippen molar-refractivity contribution in [2.75, 3.05) is 0 Å². The van der Waals surface area contributed by atoms with Crippen LogP contribution in [0.5, 0.6) is 0 Å². The molecule has 0 saturated carbocycles. The Morgan fingerprint density at radius 1 is 1.40 bits per heavy atom. The van der Waals surface area contributed by atoms with Crippen molar-refractivity contribution in [1.82, 2.24) is 0 Å². The van der Waals surface area contributed by atoms with Gasteiger partial charge in [0, 0.05) is 24.5 Å². The normalized spacial score (nSPS) is 1.60. The zero-order chi connectivity index (χ0) is 2.00. The molecular formula is H8AlBCuMgSi. The molecule has 0 aromatic carbocycles. The van der Waals surface area contributed by atoms with Gasteiger partial charge in [-0.3, -0.25) is 0 Å². The SMILES string of the molecule is [AlH3].[B][SiH3].[Cu].[H-].[H-].[Mg+2]. The second-order valence-electron chi connectivity index (χ2n) is 0. The molecule has 31 valence electrons. The molecule has 0 aromatic heterocycles. The Labute approximate surface area is 77.3 Å². The van der Waals surface area contributed by atoms with Crippen molar-refractivity contribution in [3.8, 4) is 0 Å². The van der Waals surface area contributed by atoms with E-state index in [9.17, 15) is 0 Å². The Morgan fingerprint density at radius 3 is 1.40 bits per heavy atom. The van der Waals surface area contributed by atoms with Gasteiger partial charge in [-0.05, 0) is 10.1 Å². The summed E-state index contributed by atoms with van der Waals surface area (Å²) in [6.07, 6.45) is 0. The van der Waals surface area contributed by atoms with E-state index in [1.165, 1.54) is 0 Å². The molecule has 0 amide bonds. The molecule has 0 atom stereocenters. The molecule has 0 aliphatic heterocycles. The maximum atomic E-state index is 4.64. The van der Waals surface area contributed by atoms with Crippen LogP contribution in [0, 0.1) is 0 Å². The van der Waals surface area contributed by atoms with Gasteiger partial charge in [-0.2, -0.15) is 0 Å². The molecule has 0 nitrogen and oxygen atoms in total. The molecule has 5 heteroatoms. The Balaban J connectivity index is -0.000000000500. The molecule has 0 aliphatic rings. The van der Waals surface area contributed by atoms with Crippen molar-refractivity contribution in [3.05, 3.63) is 0 Å². The van der Waals surface area contributed by atoms with Gasteiger partial charge >= 0.3 is 23.1 Å². The Hall–Kier alpha value is 2.10. The van der Waals surface area contributed by atoms with Crippen molar-refractivity contribution >= 4 is 58.0 Å². The summed E-state index contributed by atoms with van der Waals surface area (Å²) >= 11 is 0. The van der Waals surface area contributed by atoms with Crippen molar-refractivity contribution in [2.45, 2.75) is 0 Å². The summed E-state index contributed by atoms with van der Waals surface area (Å²) in [4.78, 5) is 0. The third-order valence-corrected chi connectivity index (χ3v) is 0. The standard InChI is InChI=1S/Al.BH3Si.Cu.Mg.5H/c;1-2;;;;;;;/h;2H3;;;;;;;/q;;;+2;;;;2*-1. The average Bonchev–Trinajstić information content (AvgIpc) is 1.00. The van der Waals surface area contributed by atoms with Gasteiger partial charge in [0.05, 0.1) is 0 Å². The monoisotopic (exact) mass is 161 g/mol. The van der Waals surface area contributed by atoms with Gasteiger partial charge in [-0.15, -0.1) is 0 Å². The van der Waals surface area contributed by atoms with E-state index in [0.717, 1.165) is 10.1 Å². The van der Waals surface area contributed by atoms with Crippen LogP contribution in [0.2, 0.25) is 0 Å². The predicted molar refractivity (Wildman–Crippen MR) is 33.6 cm³/mol. The first-order chi connectivity index (χ1) is 1.00. The topological polar surface area (TPSA) is 0 Å². The third-order valence-electron chi connectivity index (χ3n) is 0. The Bertz CT molecular complexity index is 17.7. The van der Waals surface area contributed by atoms with Gasteiger partial charge < -0.3 is 2.85 Å². The van der Waals surface area contributed by atoms with E-state index in [1.807, 2.05) is 0 Å². The van der Waals surface area contributed by atoms with Gasteiger partial charge in [0.25, 0.3) is 0 Å². The molecule has 0 saturated heterocycles. The van der Waals surface area contributed by atoms with E-state index < -0.39 is 0 Å². The second-order valence-corrected chi connectivity index (χ2v) is 0. The van der Waals surface area contributed by atoms with Crippen molar-refractivity contribution in [2.24, 2.45) is 0 Å². The number of rotatable bonds is 0. The van der Waals surface area contributed by atoms with E-state index in [-0.39, 0.29) is 60.3 Å². The Morgan fingerprint density at radius 2 is 1.40 bits per heavy atom. The zero-order valence-corrected chi connectivity index (χ0v) is 6.94. The molecule has 0 rings (SSSR count). The van der Waals surface area contributed by atoms with Crippen molar-refractivity contribution in [1.29, 1.82) is 0 Å². The third kappa shape index (κ3) is 23.3. The minimum atomic E-state index is 0. The second kappa shape index (κ2) is 36.0. The van der Waals surface area contributed by atoms with Crippen molar-refractivity contribution < 1.29 is 19.9 Å². The first-order valence-electron chi connectivity index (χ1n) is 0.577. The maximum Gasteiger partial charge on any atom is 2.00 e. The molecular weight excluding hydrogens is 154 g/mol. The van der Waals surface area contributed by atoms with Crippen molar-refractivity contribution in [3.63, 3.8) is 0 Å². The molecule has 5 heavy (non-hydrogen) atoms. The summed E-state index contributed by atoms with van der Waals surface area (Å²) in [7, 11) is 5.44. The molecule has 3 radical (unpaired) electrons. The number of hydrogen-bond acceptors (Lipinski definition) is 0. The van der Waals surface area contributed by atoms with Crippen LogP contribution < -0.4 is 0 Å². The summed E-state index contributed by atoms with van der Waals surface area (Å²) in [6.45, 7) is 0. The molecule has 0 bridgehead atoms. The van der Waals surface area contributed by atoms with Crippen LogP contribution in [-0.2, 0) is 17.1 Å². The molecule has 0 spiro atoms. The van der Waals surface area contributed by atoms with Gasteiger partial charge in [0.15, 0.2) is 17.4 Å². The minimum absolute atomic E-state index is 0. The van der Waals surface area contributed by atoms with E-state index >= 15 is 0 Å². The molecule has 0 unspecified atom stereocenters. The van der Waals surface area contributed by atoms with Crippen LogP contribution in [0.25, 0.3) is 0 Å². The molecule has 0 fully saturated rings. The summed E-state index contributed by atoms with van der Waals surface area (Å²) < 4.78 is 0. The fourth-order valence-electron chi connectivity index (χ4n) is 0. The summed E-state index contributed by atoms with van der Waals surface area (Å²) in [5.74, 6) is 0. The summed E-state index contributed by atoms with van der Waals surface area (Å²) in [5, 5.41) is 0. The van der Waals surface area contributed by atoms with E-state index in [4.69, 9.17) is 0 Å². The average molecular weight is 162 g/mol. The van der Waals surface area contributed by atoms with Gasteiger partial charge in [0.2, 0.25) is 0 Å². The molecule has 0 aliphatic carbocycles. The van der Waals surface area contributed by atoms with E-state index in [0.29, 0.717) is 0 Å². The minimum Gasteiger partial charge on any atom is -1.00 e. The van der Waals surface area contributed by atoms with Crippen LogP contribution >= 0.6 is 0 Å². The van der Waals surface area contributed by atoms with Gasteiger partial charge in [-0.25, -0.2) is 0 Å². The quantitative estimate of drug-likeness (QED) is 0.335. The maximum absolute atomic E-state index is 4.64. The first-order valence-corrected chi connectivity index (χ1v) is 1.73. The molecule has 0 aromatic rings. The molecule has 0 N–H and O–H groups in total. The van der Waals surface area contributed by atoms with Crippen LogP contribution in [-0.4, -0.2) is 58.0 Å². The van der Waals surface area contributed by atoms with Crippen LogP contribution in [0.4, 0.5) is 0 Å². The predicted octanol–water partition coefficient (Wildman–Crippen LogP) is -2.91. The van der Waals surface area contributed by atoms with Gasteiger partial charge in [-0.1, -0.05) is 0 Å². The van der Waals surface area contributed by atoms with E-state index in [1.54, 1.807) is 0 Å². The summed E-state index contributed by atoms with van der Waals surface area (Å²) in [6, 6.07) is 0. The van der Waals surface area contributed by atoms with Gasteiger partial charge in [0.1, 0.15) is 0 Å². The summed E-state index contributed by atoms with van der Waals surface area (Å²) in [5.41, 5.74) is 0. The van der Waals surface area contributed by atoms with Crippen LogP contribution in [0.1, 0.15) is 2.85 Å². The number of hydrogen-bond donors (Lipinski definition) is 0. The fraction of sp³-hybridized carbons (Fsp3) is 0. The smallest absolute Gasteiger partial charge is 1.00 e. The zero-order valence-electron chi connectivity index (χ0n) is 4.59. The molecule has 0 heterocycles. The van der Waals surface area contributed by atoms with Crippen LogP contribution in [0.15, 0.2) is 0 Å². The Kier molecular flexibility index (Phi) is 198. The first kappa shape index (κ1) is 27.5. The van der Waals surface area contributed by atoms with Crippen LogP contribution in [0.3, 0.4) is 0 Å². The van der Waals surface area contributed by atoms with E-state index in [2.05, 4.69) is 7.44 Å².